The standard InChI is InChI=1S/C30H26O2/c1-31-29(27(23-15-7-3-8-16-23)24-17-9-4-10-18-24)30(32-2)28(25-19-11-5-12-20-25)26-21-13-6-14-22-26/h3-22H,1-2H3. The lowest BCUT2D eigenvalue weighted by Crippen LogP contribution is -2.06. The van der Waals surface area contributed by atoms with Crippen LogP contribution in [0.2, 0.25) is 0 Å². The van der Waals surface area contributed by atoms with Crippen molar-refractivity contribution in [1.29, 1.82) is 0 Å². The van der Waals surface area contributed by atoms with Crippen molar-refractivity contribution in [3.05, 3.63) is 155 Å². The van der Waals surface area contributed by atoms with Gasteiger partial charge >= 0.3 is 0 Å². The van der Waals surface area contributed by atoms with Gasteiger partial charge in [-0.05, 0) is 22.3 Å². The third-order valence-corrected chi connectivity index (χ3v) is 5.32. The predicted molar refractivity (Wildman–Crippen MR) is 132 cm³/mol. The van der Waals surface area contributed by atoms with Crippen molar-refractivity contribution in [2.24, 2.45) is 0 Å². The fourth-order valence-electron chi connectivity index (χ4n) is 3.89. The molecule has 0 aliphatic rings. The predicted octanol–water partition coefficient (Wildman–Crippen LogP) is 7.20. The van der Waals surface area contributed by atoms with Gasteiger partial charge < -0.3 is 9.47 Å². The molecular formula is C30H26O2. The van der Waals surface area contributed by atoms with Crippen molar-refractivity contribution in [2.75, 3.05) is 14.2 Å². The Morgan fingerprint density at radius 2 is 0.594 bits per heavy atom. The van der Waals surface area contributed by atoms with Gasteiger partial charge in [0.2, 0.25) is 0 Å². The number of ether oxygens (including phenoxy) is 2. The zero-order valence-corrected chi connectivity index (χ0v) is 18.4. The molecule has 0 fully saturated rings. The van der Waals surface area contributed by atoms with Crippen LogP contribution in [-0.2, 0) is 9.47 Å². The van der Waals surface area contributed by atoms with E-state index in [1.807, 2.05) is 72.8 Å². The number of rotatable bonds is 7. The minimum Gasteiger partial charge on any atom is -0.492 e. The van der Waals surface area contributed by atoms with E-state index in [0.717, 1.165) is 33.4 Å². The fraction of sp³-hybridized carbons (Fsp3) is 0.0667. The summed E-state index contributed by atoms with van der Waals surface area (Å²) >= 11 is 0. The van der Waals surface area contributed by atoms with Gasteiger partial charge in [-0.25, -0.2) is 0 Å². The van der Waals surface area contributed by atoms with E-state index < -0.39 is 0 Å². The monoisotopic (exact) mass is 418 g/mol. The highest BCUT2D eigenvalue weighted by molar-refractivity contribution is 5.89. The highest BCUT2D eigenvalue weighted by Gasteiger charge is 2.22. The smallest absolute Gasteiger partial charge is 0.169 e. The summed E-state index contributed by atoms with van der Waals surface area (Å²) in [4.78, 5) is 0. The quantitative estimate of drug-likeness (QED) is 0.233. The van der Waals surface area contributed by atoms with E-state index in [2.05, 4.69) is 48.5 Å². The average molecular weight is 419 g/mol. The molecule has 2 nitrogen and oxygen atoms in total. The molecule has 4 rings (SSSR count). The number of hydrogen-bond donors (Lipinski definition) is 0. The third-order valence-electron chi connectivity index (χ3n) is 5.32. The maximum atomic E-state index is 6.10. The second-order valence-electron chi connectivity index (χ2n) is 7.28. The Bertz CT molecular complexity index is 1010. The van der Waals surface area contributed by atoms with Gasteiger partial charge in [0.15, 0.2) is 11.5 Å². The average Bonchev–Trinajstić information content (AvgIpc) is 2.88. The second-order valence-corrected chi connectivity index (χ2v) is 7.28. The van der Waals surface area contributed by atoms with Crippen molar-refractivity contribution in [1.82, 2.24) is 0 Å². The summed E-state index contributed by atoms with van der Waals surface area (Å²) in [5, 5.41) is 0. The van der Waals surface area contributed by atoms with Crippen molar-refractivity contribution >= 4 is 11.1 Å². The molecule has 2 heteroatoms. The van der Waals surface area contributed by atoms with Gasteiger partial charge in [0.25, 0.3) is 0 Å². The molecule has 0 unspecified atom stereocenters. The van der Waals surface area contributed by atoms with Gasteiger partial charge in [-0.15, -0.1) is 0 Å². The zero-order chi connectivity index (χ0) is 22.2. The first kappa shape index (κ1) is 21.2. The maximum absolute atomic E-state index is 6.10. The van der Waals surface area contributed by atoms with Gasteiger partial charge in [-0.3, -0.25) is 0 Å². The Hall–Kier alpha value is -4.04. The molecule has 0 atom stereocenters. The topological polar surface area (TPSA) is 18.5 Å². The lowest BCUT2D eigenvalue weighted by atomic mass is 9.91. The molecule has 0 aromatic heterocycles. The summed E-state index contributed by atoms with van der Waals surface area (Å²) in [6.45, 7) is 0. The Balaban J connectivity index is 2.09. The first-order chi connectivity index (χ1) is 15.8. The van der Waals surface area contributed by atoms with Crippen LogP contribution in [-0.4, -0.2) is 14.2 Å². The molecule has 0 spiro atoms. The van der Waals surface area contributed by atoms with Gasteiger partial charge in [-0.1, -0.05) is 121 Å². The molecule has 0 aliphatic carbocycles. The van der Waals surface area contributed by atoms with E-state index in [0.29, 0.717) is 11.5 Å². The van der Waals surface area contributed by atoms with Crippen LogP contribution in [0, 0.1) is 0 Å². The highest BCUT2D eigenvalue weighted by atomic mass is 16.5. The Morgan fingerprint density at radius 1 is 0.375 bits per heavy atom. The zero-order valence-electron chi connectivity index (χ0n) is 18.4. The van der Waals surface area contributed by atoms with Crippen LogP contribution in [0.5, 0.6) is 0 Å². The SMILES string of the molecule is COC(C(OC)=C(c1ccccc1)c1ccccc1)=C(c1ccccc1)c1ccccc1. The van der Waals surface area contributed by atoms with Gasteiger partial charge in [0, 0.05) is 11.1 Å². The summed E-state index contributed by atoms with van der Waals surface area (Å²) in [5.74, 6) is 1.38. The van der Waals surface area contributed by atoms with Crippen LogP contribution < -0.4 is 0 Å². The Morgan fingerprint density at radius 3 is 0.781 bits per heavy atom. The summed E-state index contributed by atoms with van der Waals surface area (Å²) < 4.78 is 12.2. The molecule has 0 saturated carbocycles. The maximum Gasteiger partial charge on any atom is 0.169 e. The van der Waals surface area contributed by atoms with Crippen LogP contribution in [0.3, 0.4) is 0 Å². The van der Waals surface area contributed by atoms with Crippen molar-refractivity contribution < 1.29 is 9.47 Å². The van der Waals surface area contributed by atoms with E-state index in [4.69, 9.17) is 9.47 Å². The Kier molecular flexibility index (Phi) is 6.84. The molecule has 0 amide bonds. The highest BCUT2D eigenvalue weighted by Crippen LogP contribution is 2.37. The van der Waals surface area contributed by atoms with Crippen LogP contribution in [0.15, 0.2) is 133 Å². The lowest BCUT2D eigenvalue weighted by molar-refractivity contribution is 0.223. The third kappa shape index (κ3) is 4.50. The van der Waals surface area contributed by atoms with Crippen molar-refractivity contribution in [3.63, 3.8) is 0 Å². The van der Waals surface area contributed by atoms with Crippen molar-refractivity contribution in [2.45, 2.75) is 0 Å². The number of benzene rings is 4. The largest absolute Gasteiger partial charge is 0.492 e. The van der Waals surface area contributed by atoms with E-state index >= 15 is 0 Å². The summed E-state index contributed by atoms with van der Waals surface area (Å²) in [5.41, 5.74) is 6.21. The van der Waals surface area contributed by atoms with E-state index in [9.17, 15) is 0 Å². The molecule has 0 heterocycles. The van der Waals surface area contributed by atoms with Crippen molar-refractivity contribution in [3.8, 4) is 0 Å². The molecule has 0 radical (unpaired) electrons. The van der Waals surface area contributed by atoms with Gasteiger partial charge in [0.05, 0.1) is 14.2 Å². The lowest BCUT2D eigenvalue weighted by Gasteiger charge is -2.21. The van der Waals surface area contributed by atoms with Gasteiger partial charge in [0.1, 0.15) is 0 Å². The first-order valence-electron chi connectivity index (χ1n) is 10.6. The first-order valence-corrected chi connectivity index (χ1v) is 10.6. The molecular weight excluding hydrogens is 392 g/mol. The summed E-state index contributed by atoms with van der Waals surface area (Å²) in [6, 6.07) is 41.2. The summed E-state index contributed by atoms with van der Waals surface area (Å²) in [6.07, 6.45) is 0. The normalized spacial score (nSPS) is 10.2. The Labute approximate surface area is 190 Å². The van der Waals surface area contributed by atoms with Crippen LogP contribution >= 0.6 is 0 Å². The molecule has 0 saturated heterocycles. The molecule has 0 bridgehead atoms. The number of hydrogen-bond acceptors (Lipinski definition) is 2. The van der Waals surface area contributed by atoms with Gasteiger partial charge in [-0.2, -0.15) is 0 Å². The minimum atomic E-state index is 0.688. The molecule has 4 aromatic rings. The van der Waals surface area contributed by atoms with E-state index in [1.54, 1.807) is 14.2 Å². The van der Waals surface area contributed by atoms with E-state index in [1.165, 1.54) is 0 Å². The van der Waals surface area contributed by atoms with E-state index in [-0.39, 0.29) is 0 Å². The van der Waals surface area contributed by atoms with Crippen LogP contribution in [0.25, 0.3) is 11.1 Å². The number of methoxy groups -OCH3 is 2. The second kappa shape index (κ2) is 10.3. The van der Waals surface area contributed by atoms with Crippen LogP contribution in [0.1, 0.15) is 22.3 Å². The molecule has 0 aliphatic heterocycles. The summed E-state index contributed by atoms with van der Waals surface area (Å²) in [7, 11) is 3.40. The molecule has 4 aromatic carbocycles. The molecule has 32 heavy (non-hydrogen) atoms. The fourth-order valence-corrected chi connectivity index (χ4v) is 3.89. The molecule has 158 valence electrons. The van der Waals surface area contributed by atoms with Crippen LogP contribution in [0.4, 0.5) is 0 Å². The minimum absolute atomic E-state index is 0.688. The molecule has 0 N–H and O–H groups in total.